The van der Waals surface area contributed by atoms with Gasteiger partial charge in [0.25, 0.3) is 5.91 Å². The lowest BCUT2D eigenvalue weighted by atomic mass is 9.90. The van der Waals surface area contributed by atoms with Gasteiger partial charge in [-0.05, 0) is 55.9 Å². The van der Waals surface area contributed by atoms with Crippen molar-refractivity contribution in [2.45, 2.75) is 33.1 Å². The van der Waals surface area contributed by atoms with Crippen LogP contribution in [0.2, 0.25) is 0 Å². The Labute approximate surface area is 127 Å². The van der Waals surface area contributed by atoms with Crippen LogP contribution in [0.15, 0.2) is 34.0 Å². The molecular weight excluding hydrogens is 284 g/mol. The second-order valence-electron chi connectivity index (χ2n) is 5.52. The number of fused-ring (bicyclic) bond motifs is 1. The Kier molecular flexibility index (Phi) is 3.92. The van der Waals surface area contributed by atoms with Crippen LogP contribution in [0.1, 0.15) is 46.1 Å². The van der Waals surface area contributed by atoms with Gasteiger partial charge in [0.1, 0.15) is 11.5 Å². The van der Waals surface area contributed by atoms with E-state index in [0.29, 0.717) is 17.4 Å². The molecule has 0 radical (unpaired) electrons. The number of nitrogens with zero attached hydrogens (tertiary/aromatic N) is 1. The normalized spacial score (nSPS) is 18.4. The summed E-state index contributed by atoms with van der Waals surface area (Å²) < 4.78 is 5.23. The molecule has 0 aliphatic heterocycles. The summed E-state index contributed by atoms with van der Waals surface area (Å²) in [5.74, 6) is 1.23. The van der Waals surface area contributed by atoms with Crippen LogP contribution in [0.3, 0.4) is 0 Å². The minimum Gasteiger partial charge on any atom is -0.463 e. The topological polar surface area (TPSA) is 54.6 Å². The molecule has 2 aromatic rings. The van der Waals surface area contributed by atoms with Crippen molar-refractivity contribution in [3.63, 3.8) is 0 Å². The first kappa shape index (κ1) is 14.1. The molecule has 0 bridgehead atoms. The second-order valence-corrected chi connectivity index (χ2v) is 6.66. The number of rotatable bonds is 3. The molecule has 0 spiro atoms. The largest absolute Gasteiger partial charge is 0.463 e. The summed E-state index contributed by atoms with van der Waals surface area (Å²) >= 11 is 1.59. The van der Waals surface area contributed by atoms with E-state index in [4.69, 9.17) is 4.42 Å². The fourth-order valence-corrected chi connectivity index (χ4v) is 3.65. The van der Waals surface area contributed by atoms with Crippen molar-refractivity contribution in [3.8, 4) is 0 Å². The number of amides is 1. The van der Waals surface area contributed by atoms with Gasteiger partial charge in [0.2, 0.25) is 0 Å². The van der Waals surface area contributed by atoms with E-state index in [-0.39, 0.29) is 5.91 Å². The highest BCUT2D eigenvalue weighted by molar-refractivity contribution is 7.14. The number of nitrogens with one attached hydrogen (secondary N) is 1. The van der Waals surface area contributed by atoms with Gasteiger partial charge in [0.15, 0.2) is 0 Å². The van der Waals surface area contributed by atoms with E-state index < -0.39 is 0 Å². The Morgan fingerprint density at radius 3 is 3.14 bits per heavy atom. The third-order valence-corrected chi connectivity index (χ3v) is 4.99. The van der Waals surface area contributed by atoms with Crippen molar-refractivity contribution in [2.75, 3.05) is 0 Å². The van der Waals surface area contributed by atoms with Gasteiger partial charge < -0.3 is 4.42 Å². The average Bonchev–Trinajstić information content (AvgIpc) is 3.12. The molecule has 0 saturated heterocycles. The number of carbonyl (C=O) groups is 1. The predicted octanol–water partition coefficient (Wildman–Crippen LogP) is 3.62. The standard InChI is InChI=1S/C16H18N2O2S/c1-10-5-6-14-12(8-10)9-15(21-14)16(19)18-17-11(2)13-4-3-7-20-13/h3-4,7,9-10H,5-6,8H2,1-2H3,(H,18,19)/b17-11-/t10-/m0/s1. The van der Waals surface area contributed by atoms with E-state index in [2.05, 4.69) is 17.5 Å². The lowest BCUT2D eigenvalue weighted by Gasteiger charge is -2.16. The second kappa shape index (κ2) is 5.85. The maximum absolute atomic E-state index is 12.2. The number of hydrogen-bond donors (Lipinski definition) is 1. The van der Waals surface area contributed by atoms with Crippen LogP contribution in [0.4, 0.5) is 0 Å². The number of hydrogen-bond acceptors (Lipinski definition) is 4. The maximum atomic E-state index is 12.2. The molecule has 0 saturated carbocycles. The number of aryl methyl sites for hydroxylation is 1. The fourth-order valence-electron chi connectivity index (χ4n) is 2.55. The molecular formula is C16H18N2O2S. The van der Waals surface area contributed by atoms with Crippen molar-refractivity contribution in [2.24, 2.45) is 11.0 Å². The third kappa shape index (κ3) is 3.08. The van der Waals surface area contributed by atoms with Gasteiger partial charge in [-0.1, -0.05) is 6.92 Å². The molecule has 2 aromatic heterocycles. The molecule has 0 aromatic carbocycles. The zero-order valence-corrected chi connectivity index (χ0v) is 13.0. The highest BCUT2D eigenvalue weighted by atomic mass is 32.1. The van der Waals surface area contributed by atoms with Crippen molar-refractivity contribution in [1.29, 1.82) is 0 Å². The highest BCUT2D eigenvalue weighted by Crippen LogP contribution is 2.32. The molecule has 2 heterocycles. The van der Waals surface area contributed by atoms with E-state index in [9.17, 15) is 4.79 Å². The Balaban J connectivity index is 1.70. The summed E-state index contributed by atoms with van der Waals surface area (Å²) in [5.41, 5.74) is 4.59. The molecule has 21 heavy (non-hydrogen) atoms. The van der Waals surface area contributed by atoms with Crippen LogP contribution >= 0.6 is 11.3 Å². The number of thiophene rings is 1. The van der Waals surface area contributed by atoms with Crippen LogP contribution in [-0.2, 0) is 12.8 Å². The predicted molar refractivity (Wildman–Crippen MR) is 83.9 cm³/mol. The average molecular weight is 302 g/mol. The monoisotopic (exact) mass is 302 g/mol. The van der Waals surface area contributed by atoms with Crippen molar-refractivity contribution < 1.29 is 9.21 Å². The summed E-state index contributed by atoms with van der Waals surface area (Å²) in [5, 5.41) is 4.09. The summed E-state index contributed by atoms with van der Waals surface area (Å²) in [6.45, 7) is 4.07. The molecule has 4 nitrogen and oxygen atoms in total. The molecule has 1 amide bonds. The van der Waals surface area contributed by atoms with Gasteiger partial charge in [0, 0.05) is 4.88 Å². The van der Waals surface area contributed by atoms with Gasteiger partial charge in [-0.2, -0.15) is 5.10 Å². The summed E-state index contributed by atoms with van der Waals surface area (Å²) in [6.07, 6.45) is 4.96. The Morgan fingerprint density at radius 1 is 1.52 bits per heavy atom. The van der Waals surface area contributed by atoms with Crippen LogP contribution in [0, 0.1) is 5.92 Å². The van der Waals surface area contributed by atoms with Crippen molar-refractivity contribution >= 4 is 23.0 Å². The van der Waals surface area contributed by atoms with Crippen LogP contribution in [-0.4, -0.2) is 11.6 Å². The molecule has 1 atom stereocenters. The van der Waals surface area contributed by atoms with E-state index >= 15 is 0 Å². The van der Waals surface area contributed by atoms with Gasteiger partial charge in [-0.3, -0.25) is 4.79 Å². The minimum absolute atomic E-state index is 0.145. The fraction of sp³-hybridized carbons (Fsp3) is 0.375. The Morgan fingerprint density at radius 2 is 2.38 bits per heavy atom. The molecule has 1 aliphatic rings. The summed E-state index contributed by atoms with van der Waals surface area (Å²) in [6, 6.07) is 5.63. The molecule has 1 aliphatic carbocycles. The van der Waals surface area contributed by atoms with E-state index in [0.717, 1.165) is 17.7 Å². The smallest absolute Gasteiger partial charge is 0.281 e. The van der Waals surface area contributed by atoms with E-state index in [1.54, 1.807) is 30.6 Å². The Bertz CT molecular complexity index is 671. The number of furan rings is 1. The lowest BCUT2D eigenvalue weighted by molar-refractivity contribution is 0.0959. The van der Waals surface area contributed by atoms with Gasteiger partial charge >= 0.3 is 0 Å². The maximum Gasteiger partial charge on any atom is 0.281 e. The van der Waals surface area contributed by atoms with E-state index in [1.165, 1.54) is 16.9 Å². The first-order valence-electron chi connectivity index (χ1n) is 7.13. The first-order valence-corrected chi connectivity index (χ1v) is 7.95. The van der Waals surface area contributed by atoms with Gasteiger partial charge in [-0.25, -0.2) is 5.43 Å². The highest BCUT2D eigenvalue weighted by Gasteiger charge is 2.20. The zero-order valence-electron chi connectivity index (χ0n) is 12.2. The van der Waals surface area contributed by atoms with E-state index in [1.807, 2.05) is 12.1 Å². The molecule has 110 valence electrons. The lowest BCUT2D eigenvalue weighted by Crippen LogP contribution is -2.18. The quantitative estimate of drug-likeness (QED) is 0.695. The summed E-state index contributed by atoms with van der Waals surface area (Å²) in [7, 11) is 0. The van der Waals surface area contributed by atoms with Crippen LogP contribution < -0.4 is 5.43 Å². The molecule has 3 rings (SSSR count). The van der Waals surface area contributed by atoms with Crippen molar-refractivity contribution in [1.82, 2.24) is 5.43 Å². The molecule has 0 fully saturated rings. The SMILES string of the molecule is C/C(=N/NC(=O)c1cc2c(s1)CC[C@H](C)C2)c1ccco1. The first-order chi connectivity index (χ1) is 10.1. The molecule has 0 unspecified atom stereocenters. The minimum atomic E-state index is -0.145. The van der Waals surface area contributed by atoms with Crippen LogP contribution in [0.25, 0.3) is 0 Å². The zero-order chi connectivity index (χ0) is 14.8. The molecule has 5 heteroatoms. The Hall–Kier alpha value is -1.88. The summed E-state index contributed by atoms with van der Waals surface area (Å²) in [4.78, 5) is 14.3. The van der Waals surface area contributed by atoms with Crippen LogP contribution in [0.5, 0.6) is 0 Å². The number of carbonyl (C=O) groups excluding carboxylic acids is 1. The van der Waals surface area contributed by atoms with Crippen molar-refractivity contribution in [3.05, 3.63) is 45.5 Å². The van der Waals surface area contributed by atoms with Gasteiger partial charge in [-0.15, -0.1) is 11.3 Å². The van der Waals surface area contributed by atoms with Gasteiger partial charge in [0.05, 0.1) is 11.1 Å². The number of hydrazone groups is 1. The molecule has 1 N–H and O–H groups in total. The third-order valence-electron chi connectivity index (χ3n) is 3.76.